The molecule has 2 aromatic rings. The summed E-state index contributed by atoms with van der Waals surface area (Å²) in [6, 6.07) is 7.67. The van der Waals surface area contributed by atoms with Crippen molar-refractivity contribution in [2.75, 3.05) is 0 Å². The Hall–Kier alpha value is -0.250. The first-order valence-corrected chi connectivity index (χ1v) is 10.1. The second-order valence-electron chi connectivity index (χ2n) is 4.72. The fourth-order valence-corrected chi connectivity index (χ4v) is 7.05. The fourth-order valence-electron chi connectivity index (χ4n) is 2.22. The molecule has 0 atom stereocenters. The maximum Gasteiger partial charge on any atom is 0.242 e. The second kappa shape index (κ2) is 6.10. The lowest BCUT2D eigenvalue weighted by molar-refractivity contribution is 0.581. The molecular formula is C13H12Br2N2O2S2. The van der Waals surface area contributed by atoms with Crippen LogP contribution in [0.3, 0.4) is 0 Å². The van der Waals surface area contributed by atoms with Gasteiger partial charge in [-0.05, 0) is 54.6 Å². The minimum atomic E-state index is -3.51. The molecular weight excluding hydrogens is 440 g/mol. The average Bonchev–Trinajstić information content (AvgIpc) is 3.02. The quantitative estimate of drug-likeness (QED) is 0.749. The van der Waals surface area contributed by atoms with Gasteiger partial charge in [0.1, 0.15) is 4.90 Å². The van der Waals surface area contributed by atoms with Gasteiger partial charge in [-0.1, -0.05) is 18.2 Å². The van der Waals surface area contributed by atoms with Gasteiger partial charge in [0.2, 0.25) is 10.0 Å². The van der Waals surface area contributed by atoms with Crippen LogP contribution in [0.2, 0.25) is 0 Å². The first-order chi connectivity index (χ1) is 9.95. The Labute approximate surface area is 144 Å². The lowest BCUT2D eigenvalue weighted by atomic mass is 10.1. The molecule has 0 spiro atoms. The third-order valence-electron chi connectivity index (χ3n) is 3.28. The highest BCUT2D eigenvalue weighted by Gasteiger charge is 2.20. The molecule has 1 aromatic heterocycles. The number of nitrogens with one attached hydrogen (secondary N) is 2. The van der Waals surface area contributed by atoms with E-state index in [9.17, 15) is 8.42 Å². The van der Waals surface area contributed by atoms with Gasteiger partial charge in [0, 0.05) is 19.6 Å². The number of hydrogen-bond acceptors (Lipinski definition) is 4. The molecule has 8 heteroatoms. The lowest BCUT2D eigenvalue weighted by Gasteiger charge is -2.07. The van der Waals surface area contributed by atoms with Crippen LogP contribution in [0.1, 0.15) is 16.7 Å². The molecule has 1 aliphatic rings. The molecule has 0 fully saturated rings. The molecule has 0 saturated carbocycles. The Morgan fingerprint density at radius 3 is 2.67 bits per heavy atom. The highest BCUT2D eigenvalue weighted by molar-refractivity contribution is 9.12. The van der Waals surface area contributed by atoms with Gasteiger partial charge in [0.15, 0.2) is 0 Å². The van der Waals surface area contributed by atoms with Gasteiger partial charge in [0.25, 0.3) is 0 Å². The van der Waals surface area contributed by atoms with Crippen LogP contribution in [0.15, 0.2) is 36.7 Å². The molecule has 21 heavy (non-hydrogen) atoms. The molecule has 4 nitrogen and oxygen atoms in total. The van der Waals surface area contributed by atoms with Crippen LogP contribution >= 0.6 is 43.2 Å². The standard InChI is InChI=1S/C13H12Br2N2O2S2/c14-12-4-11(13(15)20-12)21(18,19)17-5-8-1-2-9-6-16-7-10(9)3-8/h1-4,16-17H,5-7H2. The first-order valence-electron chi connectivity index (χ1n) is 6.21. The van der Waals surface area contributed by atoms with Gasteiger partial charge in [-0.2, -0.15) is 0 Å². The maximum atomic E-state index is 12.3. The number of fused-ring (bicyclic) bond motifs is 1. The van der Waals surface area contributed by atoms with Gasteiger partial charge in [0.05, 0.1) is 7.57 Å². The zero-order valence-electron chi connectivity index (χ0n) is 10.8. The van der Waals surface area contributed by atoms with E-state index in [1.807, 2.05) is 6.07 Å². The smallest absolute Gasteiger partial charge is 0.242 e. The molecule has 0 amide bonds. The minimum absolute atomic E-state index is 0.266. The first kappa shape index (κ1) is 15.6. The fraction of sp³-hybridized carbons (Fsp3) is 0.231. The Morgan fingerprint density at radius 2 is 1.95 bits per heavy atom. The van der Waals surface area contributed by atoms with Gasteiger partial charge in [-0.15, -0.1) is 11.3 Å². The summed E-state index contributed by atoms with van der Waals surface area (Å²) >= 11 is 7.92. The molecule has 0 radical (unpaired) electrons. The lowest BCUT2D eigenvalue weighted by Crippen LogP contribution is -2.23. The number of halogens is 2. The van der Waals surface area contributed by atoms with Crippen LogP contribution in [-0.4, -0.2) is 8.42 Å². The Bertz CT molecular complexity index is 787. The Balaban J connectivity index is 1.76. The Morgan fingerprint density at radius 1 is 1.19 bits per heavy atom. The highest BCUT2D eigenvalue weighted by atomic mass is 79.9. The second-order valence-corrected chi connectivity index (χ2v) is 10.2. The molecule has 2 N–H and O–H groups in total. The van der Waals surface area contributed by atoms with Crippen molar-refractivity contribution in [3.8, 4) is 0 Å². The number of thiophene rings is 1. The van der Waals surface area contributed by atoms with Crippen LogP contribution in [0.5, 0.6) is 0 Å². The van der Waals surface area contributed by atoms with E-state index in [0.717, 1.165) is 22.4 Å². The van der Waals surface area contributed by atoms with Crippen LogP contribution in [-0.2, 0) is 29.7 Å². The van der Waals surface area contributed by atoms with E-state index in [4.69, 9.17) is 0 Å². The van der Waals surface area contributed by atoms with Gasteiger partial charge < -0.3 is 5.32 Å². The SMILES string of the molecule is O=S(=O)(NCc1ccc2c(c1)CNC2)c1cc(Br)sc1Br. The molecule has 1 aromatic carbocycles. The van der Waals surface area contributed by atoms with Crippen molar-refractivity contribution in [1.82, 2.24) is 10.0 Å². The van der Waals surface area contributed by atoms with E-state index >= 15 is 0 Å². The molecule has 0 aliphatic carbocycles. The summed E-state index contributed by atoms with van der Waals surface area (Å²) in [5.41, 5.74) is 3.49. The molecule has 3 rings (SSSR count). The van der Waals surface area contributed by atoms with E-state index in [1.54, 1.807) is 6.07 Å². The number of hydrogen-bond donors (Lipinski definition) is 2. The molecule has 0 saturated heterocycles. The van der Waals surface area contributed by atoms with Crippen molar-refractivity contribution < 1.29 is 8.42 Å². The van der Waals surface area contributed by atoms with Crippen molar-refractivity contribution in [2.45, 2.75) is 24.5 Å². The van der Waals surface area contributed by atoms with E-state index in [-0.39, 0.29) is 11.4 Å². The number of benzene rings is 1. The van der Waals surface area contributed by atoms with Gasteiger partial charge >= 0.3 is 0 Å². The summed E-state index contributed by atoms with van der Waals surface area (Å²) in [5.74, 6) is 0. The van der Waals surface area contributed by atoms with Crippen LogP contribution in [0.25, 0.3) is 0 Å². The van der Waals surface area contributed by atoms with Crippen LogP contribution in [0.4, 0.5) is 0 Å². The summed E-state index contributed by atoms with van der Waals surface area (Å²) in [5, 5.41) is 3.27. The molecule has 1 aliphatic heterocycles. The summed E-state index contributed by atoms with van der Waals surface area (Å²) in [4.78, 5) is 0.266. The molecule has 0 bridgehead atoms. The zero-order chi connectivity index (χ0) is 15.0. The largest absolute Gasteiger partial charge is 0.309 e. The van der Waals surface area contributed by atoms with Crippen molar-refractivity contribution >= 4 is 53.2 Å². The summed E-state index contributed by atoms with van der Waals surface area (Å²) in [6.07, 6.45) is 0. The summed E-state index contributed by atoms with van der Waals surface area (Å²) in [6.45, 7) is 2.02. The predicted octanol–water partition coefficient (Wildman–Crippen LogP) is 3.35. The van der Waals surface area contributed by atoms with Gasteiger partial charge in [-0.3, -0.25) is 0 Å². The van der Waals surface area contributed by atoms with Crippen molar-refractivity contribution in [2.24, 2.45) is 0 Å². The highest BCUT2D eigenvalue weighted by Crippen LogP contribution is 2.34. The predicted molar refractivity (Wildman–Crippen MR) is 90.7 cm³/mol. The average molecular weight is 452 g/mol. The minimum Gasteiger partial charge on any atom is -0.309 e. The number of rotatable bonds is 4. The summed E-state index contributed by atoms with van der Waals surface area (Å²) < 4.78 is 28.6. The monoisotopic (exact) mass is 450 g/mol. The Kier molecular flexibility index (Phi) is 4.54. The van der Waals surface area contributed by atoms with E-state index in [0.29, 0.717) is 3.79 Å². The summed E-state index contributed by atoms with van der Waals surface area (Å²) in [7, 11) is -3.51. The number of sulfonamides is 1. The topological polar surface area (TPSA) is 58.2 Å². The van der Waals surface area contributed by atoms with Crippen molar-refractivity contribution in [3.63, 3.8) is 0 Å². The van der Waals surface area contributed by atoms with E-state index in [2.05, 4.69) is 54.0 Å². The van der Waals surface area contributed by atoms with E-state index in [1.165, 1.54) is 22.5 Å². The normalized spacial score (nSPS) is 14.4. The van der Waals surface area contributed by atoms with E-state index < -0.39 is 10.0 Å². The molecule has 0 unspecified atom stereocenters. The van der Waals surface area contributed by atoms with Crippen molar-refractivity contribution in [1.29, 1.82) is 0 Å². The molecule has 112 valence electrons. The maximum absolute atomic E-state index is 12.3. The van der Waals surface area contributed by atoms with Crippen LogP contribution in [0, 0.1) is 0 Å². The third kappa shape index (κ3) is 3.40. The third-order valence-corrected chi connectivity index (χ3v) is 7.44. The molecule has 2 heterocycles. The van der Waals surface area contributed by atoms with Gasteiger partial charge in [-0.25, -0.2) is 13.1 Å². The van der Waals surface area contributed by atoms with Crippen molar-refractivity contribution in [3.05, 3.63) is 48.5 Å². The zero-order valence-corrected chi connectivity index (χ0v) is 15.6. The van der Waals surface area contributed by atoms with Crippen LogP contribution < -0.4 is 10.0 Å².